The molecular formula is C11H13N3S. The van der Waals surface area contributed by atoms with E-state index in [-0.39, 0.29) is 0 Å². The first kappa shape index (κ1) is 10.2. The molecule has 15 heavy (non-hydrogen) atoms. The van der Waals surface area contributed by atoms with Gasteiger partial charge in [0.1, 0.15) is 6.07 Å². The lowest BCUT2D eigenvalue weighted by Crippen LogP contribution is -2.19. The van der Waals surface area contributed by atoms with Gasteiger partial charge in [0.15, 0.2) is 0 Å². The summed E-state index contributed by atoms with van der Waals surface area (Å²) in [5.41, 5.74) is 7.88. The quantitative estimate of drug-likeness (QED) is 0.747. The van der Waals surface area contributed by atoms with E-state index < -0.39 is 0 Å². The van der Waals surface area contributed by atoms with Crippen LogP contribution in [0, 0.1) is 11.3 Å². The van der Waals surface area contributed by atoms with Crippen LogP contribution in [-0.4, -0.2) is 17.5 Å². The maximum Gasteiger partial charge on any atom is 0.101 e. The Balaban J connectivity index is 2.17. The van der Waals surface area contributed by atoms with Crippen LogP contribution >= 0.6 is 11.8 Å². The fraction of sp³-hybridized carbons (Fsp3) is 0.364. The van der Waals surface area contributed by atoms with Crippen LogP contribution in [0.1, 0.15) is 12.0 Å². The third kappa shape index (κ3) is 2.18. The smallest absolute Gasteiger partial charge is 0.101 e. The van der Waals surface area contributed by atoms with Crippen LogP contribution in [0.25, 0.3) is 0 Å². The van der Waals surface area contributed by atoms with Crippen molar-refractivity contribution in [1.82, 2.24) is 0 Å². The number of benzene rings is 1. The van der Waals surface area contributed by atoms with E-state index in [1.165, 1.54) is 12.2 Å². The van der Waals surface area contributed by atoms with Crippen LogP contribution in [0.15, 0.2) is 18.2 Å². The number of hydrogen-bond acceptors (Lipinski definition) is 4. The summed E-state index contributed by atoms with van der Waals surface area (Å²) in [6, 6.07) is 8.11. The van der Waals surface area contributed by atoms with Gasteiger partial charge in [-0.05, 0) is 24.3 Å². The molecule has 0 amide bonds. The molecule has 1 aliphatic rings. The number of rotatable bonds is 2. The minimum atomic E-state index is 0.492. The van der Waals surface area contributed by atoms with E-state index in [9.17, 15) is 0 Å². The Hall–Kier alpha value is -1.34. The van der Waals surface area contributed by atoms with E-state index in [0.717, 1.165) is 11.4 Å². The monoisotopic (exact) mass is 219 g/mol. The average Bonchev–Trinajstić information content (AvgIpc) is 2.74. The first-order chi connectivity index (χ1) is 7.31. The number of thioether (sulfide) groups is 1. The molecule has 3 nitrogen and oxygen atoms in total. The second-order valence-electron chi connectivity index (χ2n) is 3.58. The summed E-state index contributed by atoms with van der Waals surface area (Å²) >= 11 is 1.95. The van der Waals surface area contributed by atoms with Gasteiger partial charge >= 0.3 is 0 Å². The first-order valence-corrected chi connectivity index (χ1v) is 6.09. The lowest BCUT2D eigenvalue weighted by Gasteiger charge is -2.15. The van der Waals surface area contributed by atoms with Crippen molar-refractivity contribution in [3.8, 4) is 6.07 Å². The third-order valence-electron chi connectivity index (χ3n) is 2.52. The van der Waals surface area contributed by atoms with Crippen molar-refractivity contribution in [3.05, 3.63) is 23.8 Å². The highest BCUT2D eigenvalue weighted by Gasteiger charge is 2.16. The molecule has 1 fully saturated rings. The van der Waals surface area contributed by atoms with Crippen LogP contribution in [0.4, 0.5) is 11.4 Å². The fourth-order valence-corrected chi connectivity index (χ4v) is 2.81. The highest BCUT2D eigenvalue weighted by molar-refractivity contribution is 7.99. The molecule has 3 N–H and O–H groups in total. The van der Waals surface area contributed by atoms with Crippen LogP contribution in [0.3, 0.4) is 0 Å². The van der Waals surface area contributed by atoms with Gasteiger partial charge in [0, 0.05) is 11.8 Å². The van der Waals surface area contributed by atoms with Crippen molar-refractivity contribution in [2.24, 2.45) is 0 Å². The van der Waals surface area contributed by atoms with E-state index in [1.54, 1.807) is 6.07 Å². The number of hydrogen-bond donors (Lipinski definition) is 2. The van der Waals surface area contributed by atoms with Crippen LogP contribution in [0.5, 0.6) is 0 Å². The predicted octanol–water partition coefficient (Wildman–Crippen LogP) is 2.06. The molecule has 0 radical (unpaired) electrons. The van der Waals surface area contributed by atoms with Crippen molar-refractivity contribution in [2.45, 2.75) is 12.5 Å². The van der Waals surface area contributed by atoms with Gasteiger partial charge in [-0.15, -0.1) is 0 Å². The van der Waals surface area contributed by atoms with Gasteiger partial charge in [-0.25, -0.2) is 0 Å². The highest BCUT2D eigenvalue weighted by atomic mass is 32.2. The summed E-state index contributed by atoms with van der Waals surface area (Å²) in [5.74, 6) is 2.33. The Morgan fingerprint density at radius 1 is 1.53 bits per heavy atom. The number of anilines is 2. The normalized spacial score (nSPS) is 19.8. The number of nitrogens with two attached hydrogens (primary N) is 1. The topological polar surface area (TPSA) is 61.8 Å². The van der Waals surface area contributed by atoms with Crippen LogP contribution in [0.2, 0.25) is 0 Å². The summed E-state index contributed by atoms with van der Waals surface area (Å²) in [4.78, 5) is 0. The molecule has 1 atom stereocenters. The molecule has 0 aromatic heterocycles. The average molecular weight is 219 g/mol. The maximum absolute atomic E-state index is 8.84. The van der Waals surface area contributed by atoms with Crippen LogP contribution < -0.4 is 11.1 Å². The summed E-state index contributed by atoms with van der Waals surface area (Å²) in [6.45, 7) is 0. The van der Waals surface area contributed by atoms with Gasteiger partial charge in [0.2, 0.25) is 0 Å². The minimum absolute atomic E-state index is 0.492. The van der Waals surface area contributed by atoms with Gasteiger partial charge in [-0.1, -0.05) is 6.07 Å². The Labute approximate surface area is 93.7 Å². The van der Waals surface area contributed by atoms with Crippen molar-refractivity contribution in [2.75, 3.05) is 22.6 Å². The third-order valence-corrected chi connectivity index (χ3v) is 3.68. The van der Waals surface area contributed by atoms with E-state index in [0.29, 0.717) is 17.3 Å². The molecular weight excluding hydrogens is 206 g/mol. The number of nitrogen functional groups attached to an aromatic ring is 1. The van der Waals surface area contributed by atoms with Crippen molar-refractivity contribution in [1.29, 1.82) is 5.26 Å². The molecule has 0 aliphatic carbocycles. The number of nitriles is 1. The number of nitrogens with zero attached hydrogens (tertiary/aromatic N) is 1. The molecule has 0 bridgehead atoms. The Morgan fingerprint density at radius 2 is 2.40 bits per heavy atom. The number of nitrogens with one attached hydrogen (secondary N) is 1. The van der Waals surface area contributed by atoms with Crippen molar-refractivity contribution < 1.29 is 0 Å². The molecule has 1 aliphatic heterocycles. The van der Waals surface area contributed by atoms with E-state index in [1.807, 2.05) is 23.9 Å². The van der Waals surface area contributed by atoms with E-state index >= 15 is 0 Å². The molecule has 0 saturated carbocycles. The van der Waals surface area contributed by atoms with E-state index in [2.05, 4.69) is 11.4 Å². The number of para-hydroxylation sites is 1. The summed E-state index contributed by atoms with van der Waals surface area (Å²) < 4.78 is 0. The largest absolute Gasteiger partial charge is 0.396 e. The minimum Gasteiger partial charge on any atom is -0.396 e. The Bertz CT molecular complexity index is 391. The summed E-state index contributed by atoms with van der Waals surface area (Å²) in [5, 5.41) is 12.2. The Kier molecular flexibility index (Phi) is 3.02. The second-order valence-corrected chi connectivity index (χ2v) is 4.73. The molecule has 0 spiro atoms. The standard InChI is InChI=1S/C11H13N3S/c12-6-8-2-1-3-10(11(8)13)14-9-4-5-15-7-9/h1-3,9,14H,4-5,7,13H2. The molecule has 1 saturated heterocycles. The lowest BCUT2D eigenvalue weighted by molar-refractivity contribution is 0.813. The lowest BCUT2D eigenvalue weighted by atomic mass is 10.1. The predicted molar refractivity (Wildman–Crippen MR) is 64.9 cm³/mol. The maximum atomic E-state index is 8.84. The zero-order valence-electron chi connectivity index (χ0n) is 8.36. The molecule has 4 heteroatoms. The SMILES string of the molecule is N#Cc1cccc(NC2CCSC2)c1N. The van der Waals surface area contributed by atoms with Crippen LogP contribution in [-0.2, 0) is 0 Å². The van der Waals surface area contributed by atoms with E-state index in [4.69, 9.17) is 11.0 Å². The molecule has 78 valence electrons. The zero-order chi connectivity index (χ0) is 10.7. The summed E-state index contributed by atoms with van der Waals surface area (Å²) in [7, 11) is 0. The van der Waals surface area contributed by atoms with Crippen molar-refractivity contribution in [3.63, 3.8) is 0 Å². The molecule has 2 rings (SSSR count). The zero-order valence-corrected chi connectivity index (χ0v) is 9.18. The Morgan fingerprint density at radius 3 is 3.07 bits per heavy atom. The molecule has 1 heterocycles. The summed E-state index contributed by atoms with van der Waals surface area (Å²) in [6.07, 6.45) is 1.17. The van der Waals surface area contributed by atoms with Gasteiger partial charge < -0.3 is 11.1 Å². The first-order valence-electron chi connectivity index (χ1n) is 4.94. The van der Waals surface area contributed by atoms with Gasteiger partial charge in [0.05, 0.1) is 16.9 Å². The van der Waals surface area contributed by atoms with Gasteiger partial charge in [0.25, 0.3) is 0 Å². The molecule has 1 aromatic carbocycles. The second kappa shape index (κ2) is 4.45. The van der Waals surface area contributed by atoms with Crippen molar-refractivity contribution >= 4 is 23.1 Å². The highest BCUT2D eigenvalue weighted by Crippen LogP contribution is 2.26. The van der Waals surface area contributed by atoms with Gasteiger partial charge in [-0.3, -0.25) is 0 Å². The fourth-order valence-electron chi connectivity index (χ4n) is 1.66. The molecule has 1 unspecified atom stereocenters. The van der Waals surface area contributed by atoms with Gasteiger partial charge in [-0.2, -0.15) is 17.0 Å². The molecule has 1 aromatic rings.